The van der Waals surface area contributed by atoms with E-state index in [4.69, 9.17) is 14.4 Å². The molecule has 0 radical (unpaired) electrons. The number of aromatic nitrogens is 6. The van der Waals surface area contributed by atoms with Crippen molar-refractivity contribution in [1.82, 2.24) is 30.4 Å². The topological polar surface area (TPSA) is 105 Å². The van der Waals surface area contributed by atoms with Crippen molar-refractivity contribution in [1.29, 1.82) is 0 Å². The van der Waals surface area contributed by atoms with Crippen LogP contribution in [-0.2, 0) is 12.8 Å². The molecule has 4 aromatic rings. The number of benzene rings is 1. The van der Waals surface area contributed by atoms with Crippen LogP contribution in [0.2, 0.25) is 0 Å². The number of oxazole rings is 1. The van der Waals surface area contributed by atoms with E-state index in [0.29, 0.717) is 17.5 Å². The van der Waals surface area contributed by atoms with Crippen molar-refractivity contribution >= 4 is 22.7 Å². The molecule has 0 fully saturated rings. The van der Waals surface area contributed by atoms with E-state index in [1.807, 2.05) is 32.0 Å². The van der Waals surface area contributed by atoms with E-state index in [9.17, 15) is 0 Å². The molecule has 1 aliphatic rings. The molecule has 8 nitrogen and oxygen atoms in total. The van der Waals surface area contributed by atoms with Crippen molar-refractivity contribution in [3.63, 3.8) is 0 Å². The number of rotatable bonds is 3. The summed E-state index contributed by atoms with van der Waals surface area (Å²) in [5, 5.41) is 14.2. The molecule has 1 aliphatic carbocycles. The number of fused-ring (bicyclic) bond motifs is 2. The third-order valence-electron chi connectivity index (χ3n) is 4.90. The Morgan fingerprint density at radius 1 is 1.00 bits per heavy atom. The fraction of sp³-hybridized carbons (Fsp3) is 0.316. The van der Waals surface area contributed by atoms with E-state index in [2.05, 4.69) is 25.7 Å². The normalized spacial score (nSPS) is 13.7. The van der Waals surface area contributed by atoms with Gasteiger partial charge in [-0.2, -0.15) is 10.3 Å². The quantitative estimate of drug-likeness (QED) is 0.574. The highest BCUT2D eigenvalue weighted by Crippen LogP contribution is 2.31. The second-order valence-electron chi connectivity index (χ2n) is 6.83. The predicted molar refractivity (Wildman–Crippen MR) is 101 cm³/mol. The van der Waals surface area contributed by atoms with Gasteiger partial charge in [0, 0.05) is 23.7 Å². The van der Waals surface area contributed by atoms with E-state index in [0.717, 1.165) is 59.6 Å². The summed E-state index contributed by atoms with van der Waals surface area (Å²) in [5.74, 6) is 2.82. The molecule has 0 bridgehead atoms. The van der Waals surface area contributed by atoms with Gasteiger partial charge in [0.15, 0.2) is 23.1 Å². The van der Waals surface area contributed by atoms with Gasteiger partial charge in [-0.1, -0.05) is 0 Å². The maximum absolute atomic E-state index is 5.67. The largest absolute Gasteiger partial charge is 0.441 e. The fourth-order valence-electron chi connectivity index (χ4n) is 3.52. The van der Waals surface area contributed by atoms with Crippen molar-refractivity contribution in [3.05, 3.63) is 41.0 Å². The summed E-state index contributed by atoms with van der Waals surface area (Å²) in [6.07, 6.45) is 4.22. The fourth-order valence-corrected chi connectivity index (χ4v) is 3.52. The van der Waals surface area contributed by atoms with Crippen LogP contribution in [0.25, 0.3) is 22.5 Å². The lowest BCUT2D eigenvalue weighted by atomic mass is 9.96. The Kier molecular flexibility index (Phi) is 3.63. The Morgan fingerprint density at radius 3 is 2.74 bits per heavy atom. The van der Waals surface area contributed by atoms with Gasteiger partial charge in [0.1, 0.15) is 17.0 Å². The SMILES string of the molecule is Cc1nc2ccc(-c3nc4c(c(Nc5n[nH]nc5C)n3)CCCC4)cc2o1. The molecule has 0 amide bonds. The van der Waals surface area contributed by atoms with E-state index >= 15 is 0 Å². The molecule has 136 valence electrons. The summed E-state index contributed by atoms with van der Waals surface area (Å²) < 4.78 is 5.67. The molecule has 0 saturated heterocycles. The maximum Gasteiger partial charge on any atom is 0.192 e. The first-order valence-corrected chi connectivity index (χ1v) is 9.09. The molecule has 2 N–H and O–H groups in total. The number of hydrogen-bond donors (Lipinski definition) is 2. The third kappa shape index (κ3) is 2.83. The summed E-state index contributed by atoms with van der Waals surface area (Å²) in [6, 6.07) is 5.88. The zero-order valence-electron chi connectivity index (χ0n) is 15.2. The molecule has 0 aliphatic heterocycles. The smallest absolute Gasteiger partial charge is 0.192 e. The number of H-pyrrole nitrogens is 1. The van der Waals surface area contributed by atoms with Gasteiger partial charge in [-0.25, -0.2) is 15.0 Å². The lowest BCUT2D eigenvalue weighted by molar-refractivity contribution is 0.561. The zero-order valence-corrected chi connectivity index (χ0v) is 15.2. The van der Waals surface area contributed by atoms with Gasteiger partial charge in [0.2, 0.25) is 0 Å². The molecule has 8 heteroatoms. The van der Waals surface area contributed by atoms with Crippen LogP contribution < -0.4 is 5.32 Å². The Labute approximate surface area is 155 Å². The van der Waals surface area contributed by atoms with Crippen LogP contribution in [0.4, 0.5) is 11.6 Å². The van der Waals surface area contributed by atoms with E-state index in [1.165, 1.54) is 5.56 Å². The lowest BCUT2D eigenvalue weighted by Crippen LogP contribution is -2.12. The number of nitrogens with zero attached hydrogens (tertiary/aromatic N) is 5. The average molecular weight is 361 g/mol. The van der Waals surface area contributed by atoms with Gasteiger partial charge in [-0.3, -0.25) is 0 Å². The lowest BCUT2D eigenvalue weighted by Gasteiger charge is -2.19. The van der Waals surface area contributed by atoms with Crippen molar-refractivity contribution in [3.8, 4) is 11.4 Å². The van der Waals surface area contributed by atoms with Gasteiger partial charge < -0.3 is 9.73 Å². The van der Waals surface area contributed by atoms with Gasteiger partial charge in [-0.05, 0) is 50.8 Å². The van der Waals surface area contributed by atoms with Crippen LogP contribution in [0.1, 0.15) is 35.7 Å². The second-order valence-corrected chi connectivity index (χ2v) is 6.83. The van der Waals surface area contributed by atoms with Gasteiger partial charge >= 0.3 is 0 Å². The molecular weight excluding hydrogens is 342 g/mol. The number of aromatic amines is 1. The van der Waals surface area contributed by atoms with E-state index in [1.54, 1.807) is 0 Å². The zero-order chi connectivity index (χ0) is 18.4. The summed E-state index contributed by atoms with van der Waals surface area (Å²) in [7, 11) is 0. The summed E-state index contributed by atoms with van der Waals surface area (Å²) in [6.45, 7) is 3.75. The Balaban J connectivity index is 1.63. The molecule has 0 saturated carbocycles. The van der Waals surface area contributed by atoms with Crippen LogP contribution in [0.5, 0.6) is 0 Å². The van der Waals surface area contributed by atoms with Crippen molar-refractivity contribution < 1.29 is 4.42 Å². The van der Waals surface area contributed by atoms with Crippen LogP contribution in [0.15, 0.2) is 22.6 Å². The summed E-state index contributed by atoms with van der Waals surface area (Å²) >= 11 is 0. The molecule has 3 heterocycles. The van der Waals surface area contributed by atoms with Crippen molar-refractivity contribution in [2.75, 3.05) is 5.32 Å². The Bertz CT molecular complexity index is 1140. The van der Waals surface area contributed by atoms with Crippen LogP contribution >= 0.6 is 0 Å². The van der Waals surface area contributed by atoms with E-state index < -0.39 is 0 Å². The first-order valence-electron chi connectivity index (χ1n) is 9.09. The monoisotopic (exact) mass is 361 g/mol. The van der Waals surface area contributed by atoms with Crippen LogP contribution in [-0.4, -0.2) is 30.4 Å². The standard InChI is InChI=1S/C19H19N7O/c1-10-17(25-26-24-10)22-19-13-5-3-4-6-14(13)21-18(23-19)12-7-8-15-16(9-12)27-11(2)20-15/h7-9H,3-6H2,1-2H3,(H2,21,22,23,24,25,26). The predicted octanol–water partition coefficient (Wildman–Crippen LogP) is 3.64. The Morgan fingerprint density at radius 2 is 1.89 bits per heavy atom. The molecule has 0 spiro atoms. The van der Waals surface area contributed by atoms with Crippen LogP contribution in [0, 0.1) is 13.8 Å². The number of nitrogens with one attached hydrogen (secondary N) is 2. The molecule has 27 heavy (non-hydrogen) atoms. The average Bonchev–Trinajstić information content (AvgIpc) is 3.25. The highest BCUT2D eigenvalue weighted by molar-refractivity contribution is 5.79. The molecule has 1 aromatic carbocycles. The molecular formula is C19H19N7O. The highest BCUT2D eigenvalue weighted by Gasteiger charge is 2.20. The summed E-state index contributed by atoms with van der Waals surface area (Å²) in [5.41, 5.74) is 5.57. The second kappa shape index (κ2) is 6.15. The molecule has 0 unspecified atom stereocenters. The minimum atomic E-state index is 0.650. The molecule has 3 aromatic heterocycles. The van der Waals surface area contributed by atoms with Gasteiger partial charge in [0.25, 0.3) is 0 Å². The van der Waals surface area contributed by atoms with Crippen molar-refractivity contribution in [2.45, 2.75) is 39.5 Å². The van der Waals surface area contributed by atoms with Gasteiger partial charge in [-0.15, -0.1) is 5.10 Å². The molecule has 0 atom stereocenters. The first kappa shape index (κ1) is 15.9. The maximum atomic E-state index is 5.67. The minimum Gasteiger partial charge on any atom is -0.441 e. The van der Waals surface area contributed by atoms with Gasteiger partial charge in [0.05, 0.1) is 0 Å². The molecule has 5 rings (SSSR count). The number of aryl methyl sites for hydroxylation is 3. The summed E-state index contributed by atoms with van der Waals surface area (Å²) in [4.78, 5) is 14.0. The van der Waals surface area contributed by atoms with E-state index in [-0.39, 0.29) is 0 Å². The van der Waals surface area contributed by atoms with Crippen molar-refractivity contribution in [2.24, 2.45) is 0 Å². The number of anilines is 2. The number of hydrogen-bond acceptors (Lipinski definition) is 7. The third-order valence-corrected chi connectivity index (χ3v) is 4.90. The van der Waals surface area contributed by atoms with Crippen LogP contribution in [0.3, 0.4) is 0 Å². The first-order chi connectivity index (χ1) is 13.2. The Hall–Kier alpha value is -3.29. The highest BCUT2D eigenvalue weighted by atomic mass is 16.3. The minimum absolute atomic E-state index is 0.650.